The van der Waals surface area contributed by atoms with E-state index in [9.17, 15) is 32.3 Å². The molecule has 1 saturated carbocycles. The summed E-state index contributed by atoms with van der Waals surface area (Å²) in [6.45, 7) is 3.64. The number of nitrogens with zero attached hydrogens (tertiary/aromatic N) is 3. The Morgan fingerprint density at radius 2 is 1.36 bits per heavy atom. The number of nitrogens with one attached hydrogen (secondary N) is 5. The lowest BCUT2D eigenvalue weighted by atomic mass is 9.93. The number of carbonyl (C=O) groups excluding carboxylic acids is 4. The fourth-order valence-corrected chi connectivity index (χ4v) is 5.09. The molecule has 1 heterocycles. The van der Waals surface area contributed by atoms with Gasteiger partial charge in [-0.15, -0.1) is 0 Å². The van der Waals surface area contributed by atoms with E-state index in [2.05, 4.69) is 41.5 Å². The monoisotopic (exact) mass is 752 g/mol. The molecule has 53 heavy (non-hydrogen) atoms. The topological polar surface area (TPSA) is 176 Å². The van der Waals surface area contributed by atoms with Crippen LogP contribution in [0.5, 0.6) is 6.01 Å². The number of ketones is 1. The number of aromatic nitrogens is 3. The van der Waals surface area contributed by atoms with Crippen molar-refractivity contribution in [1.29, 1.82) is 0 Å². The van der Waals surface area contributed by atoms with Crippen LogP contribution in [0.2, 0.25) is 5.02 Å². The molecule has 0 atom stereocenters. The summed E-state index contributed by atoms with van der Waals surface area (Å²) in [5, 5.41) is 14.5. The highest BCUT2D eigenvalue weighted by molar-refractivity contribution is 6.39. The maximum Gasteiger partial charge on any atom is 0.422 e. The van der Waals surface area contributed by atoms with Crippen molar-refractivity contribution in [3.05, 3.63) is 94.5 Å². The highest BCUT2D eigenvalue weighted by atomic mass is 35.5. The van der Waals surface area contributed by atoms with Gasteiger partial charge in [-0.25, -0.2) is 0 Å². The fourth-order valence-electron chi connectivity index (χ4n) is 4.97. The van der Waals surface area contributed by atoms with Crippen LogP contribution in [-0.4, -0.2) is 64.3 Å². The van der Waals surface area contributed by atoms with Gasteiger partial charge in [-0.05, 0) is 91.4 Å². The Bertz CT molecular complexity index is 1970. The molecule has 0 aliphatic heterocycles. The van der Waals surface area contributed by atoms with Crippen molar-refractivity contribution in [2.45, 2.75) is 45.3 Å². The molecule has 3 aromatic carbocycles. The first-order valence-electron chi connectivity index (χ1n) is 16.3. The Hall–Kier alpha value is -5.77. The summed E-state index contributed by atoms with van der Waals surface area (Å²) in [5.41, 5.74) is 1.30. The number of anilines is 4. The van der Waals surface area contributed by atoms with Gasteiger partial charge >= 0.3 is 24.0 Å². The lowest BCUT2D eigenvalue weighted by Crippen LogP contribution is -2.44. The average Bonchev–Trinajstić information content (AvgIpc) is 3.89. The molecular formula is C36H36ClF3N8O5. The summed E-state index contributed by atoms with van der Waals surface area (Å²) in [6, 6.07) is 19.0. The predicted molar refractivity (Wildman–Crippen MR) is 191 cm³/mol. The van der Waals surface area contributed by atoms with Gasteiger partial charge in [-0.3, -0.25) is 19.2 Å². The Balaban J connectivity index is 1.16. The SMILES string of the molecule is CC(=O)c1ccc(NC(=O)C(=O)NCC(C)(C)CNC(=O)c2ccc(Nc3nc(NC4(c5ccc(Cl)cc5)CC4)nc(OCC(F)(F)F)n3)cc2)cc1. The number of benzene rings is 3. The van der Waals surface area contributed by atoms with Crippen molar-refractivity contribution in [2.24, 2.45) is 5.41 Å². The van der Waals surface area contributed by atoms with Crippen LogP contribution in [0.4, 0.5) is 36.4 Å². The first kappa shape index (κ1) is 38.5. The molecule has 1 fully saturated rings. The Morgan fingerprint density at radius 3 is 1.96 bits per heavy atom. The second-order valence-electron chi connectivity index (χ2n) is 13.2. The standard InChI is InChI=1S/C36H36ClF3N8O5/c1-21(49)22-4-12-26(13-5-22)43-30(52)29(51)42-19-34(2,3)18-41-28(50)23-6-14-27(15-7-23)44-31-45-32(47-33(46-31)53-20-36(38,39)40)48-35(16-17-35)24-8-10-25(37)11-9-24/h4-15H,16-20H2,1-3H3,(H,41,50)(H,42,51)(H,43,52)(H2,44,45,46,47,48). The fraction of sp³-hybridized carbons (Fsp3) is 0.306. The first-order valence-corrected chi connectivity index (χ1v) is 16.7. The van der Waals surface area contributed by atoms with Crippen molar-refractivity contribution in [2.75, 3.05) is 35.6 Å². The van der Waals surface area contributed by atoms with Gasteiger partial charge < -0.3 is 31.3 Å². The Labute approximate surface area is 307 Å². The molecule has 3 amide bonds. The van der Waals surface area contributed by atoms with E-state index in [1.165, 1.54) is 31.2 Å². The van der Waals surface area contributed by atoms with Crippen molar-refractivity contribution in [1.82, 2.24) is 25.6 Å². The van der Waals surface area contributed by atoms with Crippen LogP contribution in [-0.2, 0) is 15.1 Å². The maximum absolute atomic E-state index is 12.9. The summed E-state index contributed by atoms with van der Waals surface area (Å²) < 4.78 is 43.6. The summed E-state index contributed by atoms with van der Waals surface area (Å²) >= 11 is 6.03. The van der Waals surface area contributed by atoms with Crippen LogP contribution in [0.15, 0.2) is 72.8 Å². The molecule has 0 bridgehead atoms. The molecule has 13 nitrogen and oxygen atoms in total. The minimum absolute atomic E-state index is 0.00278. The van der Waals surface area contributed by atoms with Gasteiger partial charge in [0.2, 0.25) is 11.9 Å². The molecule has 5 N–H and O–H groups in total. The third kappa shape index (κ3) is 11.1. The van der Waals surface area contributed by atoms with Gasteiger partial charge in [0, 0.05) is 40.6 Å². The summed E-state index contributed by atoms with van der Waals surface area (Å²) in [4.78, 5) is 61.5. The van der Waals surface area contributed by atoms with Crippen LogP contribution in [0, 0.1) is 5.41 Å². The van der Waals surface area contributed by atoms with E-state index in [0.717, 1.165) is 18.4 Å². The van der Waals surface area contributed by atoms with E-state index in [0.29, 0.717) is 27.5 Å². The quantitative estimate of drug-likeness (QED) is 0.0756. The van der Waals surface area contributed by atoms with Crippen molar-refractivity contribution in [3.63, 3.8) is 0 Å². The van der Waals surface area contributed by atoms with Gasteiger partial charge in [0.15, 0.2) is 12.4 Å². The highest BCUT2D eigenvalue weighted by Gasteiger charge is 2.45. The van der Waals surface area contributed by atoms with Crippen molar-refractivity contribution < 1.29 is 37.1 Å². The molecule has 0 saturated heterocycles. The van der Waals surface area contributed by atoms with Gasteiger partial charge in [0.25, 0.3) is 5.91 Å². The predicted octanol–water partition coefficient (Wildman–Crippen LogP) is 6.02. The number of halogens is 4. The molecular weight excluding hydrogens is 717 g/mol. The molecule has 278 valence electrons. The lowest BCUT2D eigenvalue weighted by Gasteiger charge is -2.25. The van der Waals surface area contributed by atoms with Crippen LogP contribution in [0.25, 0.3) is 0 Å². The second-order valence-corrected chi connectivity index (χ2v) is 13.6. The summed E-state index contributed by atoms with van der Waals surface area (Å²) in [5.74, 6) is -2.37. The third-order valence-corrected chi connectivity index (χ3v) is 8.34. The summed E-state index contributed by atoms with van der Waals surface area (Å²) in [7, 11) is 0. The average molecular weight is 753 g/mol. The maximum atomic E-state index is 12.9. The first-order chi connectivity index (χ1) is 25.0. The Morgan fingerprint density at radius 1 is 0.774 bits per heavy atom. The highest BCUT2D eigenvalue weighted by Crippen LogP contribution is 2.48. The number of hydrogen-bond donors (Lipinski definition) is 5. The molecule has 0 radical (unpaired) electrons. The van der Waals surface area contributed by atoms with Gasteiger partial charge in [0.1, 0.15) is 0 Å². The number of hydrogen-bond acceptors (Lipinski definition) is 10. The van der Waals surface area contributed by atoms with E-state index in [-0.39, 0.29) is 30.8 Å². The van der Waals surface area contributed by atoms with Gasteiger partial charge in [-0.1, -0.05) is 37.6 Å². The van der Waals surface area contributed by atoms with E-state index in [1.54, 1.807) is 50.2 Å². The zero-order chi connectivity index (χ0) is 38.4. The molecule has 17 heteroatoms. The molecule has 4 aromatic rings. The van der Waals surface area contributed by atoms with E-state index in [4.69, 9.17) is 16.3 Å². The van der Waals surface area contributed by atoms with Crippen molar-refractivity contribution in [3.8, 4) is 6.01 Å². The van der Waals surface area contributed by atoms with Crippen LogP contribution < -0.4 is 31.3 Å². The molecule has 1 aromatic heterocycles. The smallest absolute Gasteiger partial charge is 0.422 e. The van der Waals surface area contributed by atoms with Crippen LogP contribution >= 0.6 is 11.6 Å². The number of rotatable bonds is 14. The molecule has 1 aliphatic carbocycles. The van der Waals surface area contributed by atoms with E-state index < -0.39 is 47.5 Å². The second kappa shape index (κ2) is 15.9. The van der Waals surface area contributed by atoms with E-state index >= 15 is 0 Å². The number of Topliss-reactive ketones (excluding diaryl/α,β-unsaturated/α-hetero) is 1. The van der Waals surface area contributed by atoms with Gasteiger partial charge in [-0.2, -0.15) is 28.1 Å². The number of amides is 3. The summed E-state index contributed by atoms with van der Waals surface area (Å²) in [6.07, 6.45) is -3.15. The largest absolute Gasteiger partial charge is 0.454 e. The number of carbonyl (C=O) groups is 4. The zero-order valence-corrected chi connectivity index (χ0v) is 29.6. The zero-order valence-electron chi connectivity index (χ0n) is 28.9. The van der Waals surface area contributed by atoms with Gasteiger partial charge in [0.05, 0.1) is 5.54 Å². The minimum atomic E-state index is -4.61. The van der Waals surface area contributed by atoms with Crippen LogP contribution in [0.1, 0.15) is 59.9 Å². The Kier molecular flexibility index (Phi) is 11.5. The molecule has 0 spiro atoms. The van der Waals surface area contributed by atoms with Crippen molar-refractivity contribution >= 4 is 58.4 Å². The van der Waals surface area contributed by atoms with E-state index in [1.807, 2.05) is 12.1 Å². The number of alkyl halides is 3. The minimum Gasteiger partial charge on any atom is -0.454 e. The third-order valence-electron chi connectivity index (χ3n) is 8.09. The molecule has 1 aliphatic rings. The molecule has 0 unspecified atom stereocenters. The number of ether oxygens (including phenoxy) is 1. The molecule has 5 rings (SSSR count). The lowest BCUT2D eigenvalue weighted by molar-refractivity contribution is -0.154. The normalized spacial score (nSPS) is 13.3. The van der Waals surface area contributed by atoms with Crippen LogP contribution in [0.3, 0.4) is 0 Å².